The summed E-state index contributed by atoms with van der Waals surface area (Å²) < 4.78 is 7.07. The van der Waals surface area contributed by atoms with E-state index in [1.54, 1.807) is 7.11 Å². The van der Waals surface area contributed by atoms with E-state index in [1.165, 1.54) is 11.4 Å². The molecule has 1 aromatic heterocycles. The van der Waals surface area contributed by atoms with Crippen molar-refractivity contribution in [1.29, 1.82) is 0 Å². The molecule has 0 saturated heterocycles. The molecule has 1 N–H and O–H groups in total. The number of nitrogens with one attached hydrogen (secondary N) is 1. The molecule has 92 valence electrons. The maximum absolute atomic E-state index is 5.07. The first kappa shape index (κ1) is 13.0. The van der Waals surface area contributed by atoms with Gasteiger partial charge < -0.3 is 10.1 Å². The third kappa shape index (κ3) is 3.23. The van der Waals surface area contributed by atoms with Crippen LogP contribution in [-0.4, -0.2) is 30.0 Å². The van der Waals surface area contributed by atoms with Crippen molar-refractivity contribution in [3.8, 4) is 0 Å². The molecule has 0 aliphatic rings. The molecule has 0 spiro atoms. The van der Waals surface area contributed by atoms with Crippen LogP contribution in [0.3, 0.4) is 0 Å². The second-order valence-electron chi connectivity index (χ2n) is 4.54. The highest BCUT2D eigenvalue weighted by Gasteiger charge is 2.10. The number of nitrogens with zero attached hydrogens (tertiary/aromatic N) is 2. The molecule has 0 aliphatic heterocycles. The van der Waals surface area contributed by atoms with Crippen molar-refractivity contribution in [2.75, 3.05) is 25.6 Å². The van der Waals surface area contributed by atoms with Gasteiger partial charge in [0.2, 0.25) is 0 Å². The Labute approximate surface area is 98.0 Å². The summed E-state index contributed by atoms with van der Waals surface area (Å²) in [6, 6.07) is 0. The third-order valence-electron chi connectivity index (χ3n) is 2.58. The van der Waals surface area contributed by atoms with Crippen molar-refractivity contribution in [2.24, 2.45) is 5.92 Å². The largest absolute Gasteiger partial charge is 0.383 e. The zero-order valence-electron chi connectivity index (χ0n) is 11.0. The molecule has 0 saturated carbocycles. The molecule has 0 aliphatic carbocycles. The molecule has 0 atom stereocenters. The summed E-state index contributed by atoms with van der Waals surface area (Å²) >= 11 is 0. The number of hydrogen-bond donors (Lipinski definition) is 1. The van der Waals surface area contributed by atoms with E-state index in [1.807, 2.05) is 11.6 Å². The monoisotopic (exact) mass is 225 g/mol. The van der Waals surface area contributed by atoms with Crippen molar-refractivity contribution in [2.45, 2.75) is 34.2 Å². The summed E-state index contributed by atoms with van der Waals surface area (Å²) in [7, 11) is 1.71. The van der Waals surface area contributed by atoms with Gasteiger partial charge in [0.1, 0.15) is 0 Å². The fourth-order valence-corrected chi connectivity index (χ4v) is 1.65. The lowest BCUT2D eigenvalue weighted by atomic mass is 10.2. The zero-order chi connectivity index (χ0) is 12.1. The molecule has 0 amide bonds. The van der Waals surface area contributed by atoms with Gasteiger partial charge in [-0.3, -0.25) is 4.68 Å². The van der Waals surface area contributed by atoms with E-state index >= 15 is 0 Å². The Kier molecular flexibility index (Phi) is 4.80. The Morgan fingerprint density at radius 2 is 2.06 bits per heavy atom. The van der Waals surface area contributed by atoms with E-state index in [2.05, 4.69) is 31.2 Å². The number of hydrogen-bond acceptors (Lipinski definition) is 3. The first-order valence-electron chi connectivity index (χ1n) is 5.83. The molecular formula is C12H23N3O. The highest BCUT2D eigenvalue weighted by molar-refractivity contribution is 5.52. The fourth-order valence-electron chi connectivity index (χ4n) is 1.65. The maximum atomic E-state index is 5.07. The van der Waals surface area contributed by atoms with Crippen LogP contribution < -0.4 is 5.32 Å². The average Bonchev–Trinajstić information content (AvgIpc) is 2.48. The van der Waals surface area contributed by atoms with Gasteiger partial charge in [-0.2, -0.15) is 5.10 Å². The van der Waals surface area contributed by atoms with Gasteiger partial charge >= 0.3 is 0 Å². The Balaban J connectivity index is 2.72. The summed E-state index contributed by atoms with van der Waals surface area (Å²) in [6.45, 7) is 11.0. The minimum atomic E-state index is 0.640. The van der Waals surface area contributed by atoms with Crippen LogP contribution in [0.15, 0.2) is 0 Å². The number of anilines is 1. The van der Waals surface area contributed by atoms with Crippen molar-refractivity contribution in [3.05, 3.63) is 11.4 Å². The topological polar surface area (TPSA) is 39.1 Å². The maximum Gasteiger partial charge on any atom is 0.0827 e. The highest BCUT2D eigenvalue weighted by Crippen LogP contribution is 2.19. The lowest BCUT2D eigenvalue weighted by Gasteiger charge is -2.09. The first-order chi connectivity index (χ1) is 7.56. The molecule has 0 radical (unpaired) electrons. The molecule has 0 unspecified atom stereocenters. The zero-order valence-corrected chi connectivity index (χ0v) is 11.0. The van der Waals surface area contributed by atoms with Crippen molar-refractivity contribution >= 4 is 5.69 Å². The van der Waals surface area contributed by atoms with Gasteiger partial charge in [-0.25, -0.2) is 0 Å². The third-order valence-corrected chi connectivity index (χ3v) is 2.58. The molecule has 16 heavy (non-hydrogen) atoms. The van der Waals surface area contributed by atoms with Crippen LogP contribution in [0.4, 0.5) is 5.69 Å². The smallest absolute Gasteiger partial charge is 0.0827 e. The lowest BCUT2D eigenvalue weighted by molar-refractivity contribution is 0.182. The van der Waals surface area contributed by atoms with Crippen LogP contribution >= 0.6 is 0 Å². The van der Waals surface area contributed by atoms with Gasteiger partial charge in [0.05, 0.1) is 30.2 Å². The number of ether oxygens (including phenoxy) is 1. The Morgan fingerprint density at radius 1 is 1.38 bits per heavy atom. The van der Waals surface area contributed by atoms with Gasteiger partial charge in [0.15, 0.2) is 0 Å². The van der Waals surface area contributed by atoms with E-state index < -0.39 is 0 Å². The Morgan fingerprint density at radius 3 is 2.62 bits per heavy atom. The predicted molar refractivity (Wildman–Crippen MR) is 66.9 cm³/mol. The molecule has 0 aromatic carbocycles. The van der Waals surface area contributed by atoms with Crippen LogP contribution in [0, 0.1) is 19.8 Å². The Hall–Kier alpha value is -1.03. The van der Waals surface area contributed by atoms with Crippen LogP contribution in [0.25, 0.3) is 0 Å². The van der Waals surface area contributed by atoms with E-state index in [9.17, 15) is 0 Å². The number of aryl methyl sites for hydroxylation is 1. The van der Waals surface area contributed by atoms with Gasteiger partial charge in [0.25, 0.3) is 0 Å². The van der Waals surface area contributed by atoms with E-state index in [0.717, 1.165) is 18.8 Å². The Bertz CT molecular complexity index is 331. The van der Waals surface area contributed by atoms with Crippen molar-refractivity contribution in [1.82, 2.24) is 9.78 Å². The van der Waals surface area contributed by atoms with Crippen molar-refractivity contribution < 1.29 is 4.74 Å². The molecule has 1 aromatic rings. The summed E-state index contributed by atoms with van der Waals surface area (Å²) in [6.07, 6.45) is 0. The van der Waals surface area contributed by atoms with E-state index in [-0.39, 0.29) is 0 Å². The average molecular weight is 225 g/mol. The minimum absolute atomic E-state index is 0.640. The lowest BCUT2D eigenvalue weighted by Crippen LogP contribution is -2.10. The molecule has 4 heteroatoms. The van der Waals surface area contributed by atoms with Crippen molar-refractivity contribution in [3.63, 3.8) is 0 Å². The molecular weight excluding hydrogens is 202 g/mol. The summed E-state index contributed by atoms with van der Waals surface area (Å²) in [5.41, 5.74) is 3.43. The van der Waals surface area contributed by atoms with E-state index in [0.29, 0.717) is 12.5 Å². The summed E-state index contributed by atoms with van der Waals surface area (Å²) in [4.78, 5) is 0. The molecule has 1 rings (SSSR count). The second-order valence-corrected chi connectivity index (χ2v) is 4.54. The number of methoxy groups -OCH3 is 1. The quantitative estimate of drug-likeness (QED) is 0.807. The second kappa shape index (κ2) is 5.89. The van der Waals surface area contributed by atoms with Gasteiger partial charge in [-0.15, -0.1) is 0 Å². The highest BCUT2D eigenvalue weighted by atomic mass is 16.5. The summed E-state index contributed by atoms with van der Waals surface area (Å²) in [5, 5.41) is 7.95. The van der Waals surface area contributed by atoms with Gasteiger partial charge in [-0.05, 0) is 19.8 Å². The van der Waals surface area contributed by atoms with Gasteiger partial charge in [-0.1, -0.05) is 13.8 Å². The van der Waals surface area contributed by atoms with Crippen LogP contribution in [0.5, 0.6) is 0 Å². The predicted octanol–water partition coefficient (Wildman–Crippen LogP) is 2.21. The van der Waals surface area contributed by atoms with Crippen LogP contribution in [0.1, 0.15) is 25.2 Å². The van der Waals surface area contributed by atoms with Gasteiger partial charge in [0, 0.05) is 13.7 Å². The van der Waals surface area contributed by atoms with E-state index in [4.69, 9.17) is 4.74 Å². The summed E-state index contributed by atoms with van der Waals surface area (Å²) in [5.74, 6) is 0.640. The molecule has 0 fully saturated rings. The molecule has 4 nitrogen and oxygen atoms in total. The normalized spacial score (nSPS) is 11.1. The number of aromatic nitrogens is 2. The van der Waals surface area contributed by atoms with Crippen LogP contribution in [0.2, 0.25) is 0 Å². The molecule has 1 heterocycles. The standard InChI is InChI=1S/C12H23N3O/c1-9(2)8-13-12-10(3)14-15(11(12)4)6-7-16-5/h9,13H,6-8H2,1-5H3. The number of rotatable bonds is 6. The molecule has 0 bridgehead atoms. The SMILES string of the molecule is COCCn1nc(C)c(NCC(C)C)c1C. The van der Waals surface area contributed by atoms with Crippen LogP contribution in [-0.2, 0) is 11.3 Å². The fraction of sp³-hybridized carbons (Fsp3) is 0.750. The minimum Gasteiger partial charge on any atom is -0.383 e. The first-order valence-corrected chi connectivity index (χ1v) is 5.83.